The van der Waals surface area contributed by atoms with Crippen molar-refractivity contribution in [1.29, 1.82) is 0 Å². The van der Waals surface area contributed by atoms with Gasteiger partial charge >= 0.3 is 0 Å². The normalized spacial score (nSPS) is 14.0. The van der Waals surface area contributed by atoms with Crippen LogP contribution in [0.3, 0.4) is 0 Å². The maximum Gasteiger partial charge on any atom is 0.147 e. The molecule has 1 aliphatic heterocycles. The quantitative estimate of drug-likeness (QED) is 0.365. The van der Waals surface area contributed by atoms with Crippen LogP contribution in [0.25, 0.3) is 56.0 Å². The summed E-state index contributed by atoms with van der Waals surface area (Å²) in [6, 6.07) is 12.1. The van der Waals surface area contributed by atoms with Crippen molar-refractivity contribution in [2.75, 3.05) is 18.0 Å². The largest absolute Gasteiger partial charge is 0.352 e. The average molecular weight is 461 g/mol. The summed E-state index contributed by atoms with van der Waals surface area (Å²) in [4.78, 5) is 28.3. The summed E-state index contributed by atoms with van der Waals surface area (Å²) < 4.78 is 0. The highest BCUT2D eigenvalue weighted by molar-refractivity contribution is 5.98. The molecule has 0 spiro atoms. The predicted octanol–water partition coefficient (Wildman–Crippen LogP) is 3.17. The first kappa shape index (κ1) is 19.7. The van der Waals surface area contributed by atoms with E-state index in [2.05, 4.69) is 41.1 Å². The van der Waals surface area contributed by atoms with Crippen molar-refractivity contribution in [3.8, 4) is 33.9 Å². The third kappa shape index (κ3) is 3.30. The van der Waals surface area contributed by atoms with Gasteiger partial charge in [0.1, 0.15) is 28.4 Å². The lowest BCUT2D eigenvalue weighted by Crippen LogP contribution is -2.56. The first-order valence-electron chi connectivity index (χ1n) is 11.3. The topological polar surface area (TPSA) is 138 Å². The van der Waals surface area contributed by atoms with Gasteiger partial charge in [-0.05, 0) is 35.9 Å². The van der Waals surface area contributed by atoms with E-state index >= 15 is 0 Å². The van der Waals surface area contributed by atoms with E-state index < -0.39 is 0 Å². The van der Waals surface area contributed by atoms with Crippen LogP contribution >= 0.6 is 0 Å². The molecule has 0 saturated carbocycles. The van der Waals surface area contributed by atoms with Crippen molar-refractivity contribution in [2.24, 2.45) is 5.73 Å². The summed E-state index contributed by atoms with van der Waals surface area (Å²) in [7, 11) is 0. The highest BCUT2D eigenvalue weighted by Crippen LogP contribution is 2.33. The number of aromatic amines is 2. The van der Waals surface area contributed by atoms with Crippen molar-refractivity contribution in [3.05, 3.63) is 67.4 Å². The standard InChI is InChI=1S/C25H20N10/c26-15-12-35(13-15)22-11-28-10-21(30-22)18-3-4-19-23(31-18)24(34-33-19)20-8-17-16(5-7-29-25(17)32-20)14-2-1-6-27-9-14/h1-11,15H,12-13,26H2,(H,29,32)(H,33,34). The van der Waals surface area contributed by atoms with Gasteiger partial charge in [-0.1, -0.05) is 6.07 Å². The zero-order valence-electron chi connectivity index (χ0n) is 18.6. The number of hydrogen-bond acceptors (Lipinski definition) is 8. The fourth-order valence-corrected chi connectivity index (χ4v) is 4.49. The zero-order valence-corrected chi connectivity index (χ0v) is 18.6. The summed E-state index contributed by atoms with van der Waals surface area (Å²) >= 11 is 0. The summed E-state index contributed by atoms with van der Waals surface area (Å²) in [5.74, 6) is 0.808. The molecule has 0 aliphatic carbocycles. The van der Waals surface area contributed by atoms with Gasteiger partial charge in [0.15, 0.2) is 0 Å². The van der Waals surface area contributed by atoms with Gasteiger partial charge in [0.05, 0.1) is 29.3 Å². The lowest BCUT2D eigenvalue weighted by molar-refractivity contribution is 0.514. The minimum Gasteiger partial charge on any atom is -0.352 e. The van der Waals surface area contributed by atoms with E-state index in [0.29, 0.717) is 5.69 Å². The number of rotatable bonds is 4. The van der Waals surface area contributed by atoms with E-state index in [9.17, 15) is 0 Å². The molecule has 0 unspecified atom stereocenters. The van der Waals surface area contributed by atoms with Crippen LogP contribution in [0.2, 0.25) is 0 Å². The Morgan fingerprint density at radius 1 is 0.943 bits per heavy atom. The van der Waals surface area contributed by atoms with Crippen molar-refractivity contribution < 1.29 is 0 Å². The Morgan fingerprint density at radius 2 is 1.89 bits per heavy atom. The number of aromatic nitrogens is 8. The summed E-state index contributed by atoms with van der Waals surface area (Å²) in [6.07, 6.45) is 8.89. The van der Waals surface area contributed by atoms with E-state index in [1.165, 1.54) is 0 Å². The van der Waals surface area contributed by atoms with Crippen LogP contribution < -0.4 is 10.6 Å². The SMILES string of the molecule is NC1CN(c2cncc(-c3ccc4[nH]nc(-c5cc6c(-c7cccnc7)ccnc6[nH]5)c4n3)n2)C1. The second-order valence-electron chi connectivity index (χ2n) is 8.64. The molecular formula is C25H20N10. The molecule has 10 heteroatoms. The first-order valence-corrected chi connectivity index (χ1v) is 11.3. The van der Waals surface area contributed by atoms with Crippen molar-refractivity contribution in [3.63, 3.8) is 0 Å². The summed E-state index contributed by atoms with van der Waals surface area (Å²) in [5.41, 5.74) is 13.3. The lowest BCUT2D eigenvalue weighted by atomic mass is 10.1. The smallest absolute Gasteiger partial charge is 0.147 e. The number of nitrogens with one attached hydrogen (secondary N) is 2. The van der Waals surface area contributed by atoms with Crippen molar-refractivity contribution in [1.82, 2.24) is 40.1 Å². The molecule has 10 nitrogen and oxygen atoms in total. The van der Waals surface area contributed by atoms with Gasteiger partial charge in [0.2, 0.25) is 0 Å². The van der Waals surface area contributed by atoms with Crippen LogP contribution in [0.15, 0.2) is 67.4 Å². The van der Waals surface area contributed by atoms with Gasteiger partial charge in [-0.3, -0.25) is 15.1 Å². The minimum atomic E-state index is 0.188. The Morgan fingerprint density at radius 3 is 2.74 bits per heavy atom. The lowest BCUT2D eigenvalue weighted by Gasteiger charge is -2.37. The number of pyridine rings is 3. The van der Waals surface area contributed by atoms with E-state index in [4.69, 9.17) is 15.7 Å². The van der Waals surface area contributed by atoms with Crippen LogP contribution in [0.4, 0.5) is 5.82 Å². The zero-order chi connectivity index (χ0) is 23.4. The molecule has 0 radical (unpaired) electrons. The molecule has 0 amide bonds. The molecule has 0 aromatic carbocycles. The van der Waals surface area contributed by atoms with Gasteiger partial charge in [0, 0.05) is 48.7 Å². The summed E-state index contributed by atoms with van der Waals surface area (Å²) in [6.45, 7) is 1.57. The minimum absolute atomic E-state index is 0.188. The molecule has 170 valence electrons. The number of fused-ring (bicyclic) bond motifs is 2. The number of nitrogens with two attached hydrogens (primary N) is 1. The first-order chi connectivity index (χ1) is 17.2. The van der Waals surface area contributed by atoms with E-state index in [1.807, 2.05) is 36.5 Å². The molecule has 7 heterocycles. The molecule has 1 aliphatic rings. The maximum atomic E-state index is 5.92. The second-order valence-corrected chi connectivity index (χ2v) is 8.64. The van der Waals surface area contributed by atoms with Crippen molar-refractivity contribution in [2.45, 2.75) is 6.04 Å². The average Bonchev–Trinajstić information content (AvgIpc) is 3.51. The number of anilines is 1. The van der Waals surface area contributed by atoms with Crippen LogP contribution in [0.5, 0.6) is 0 Å². The van der Waals surface area contributed by atoms with Crippen LogP contribution in [-0.4, -0.2) is 59.2 Å². The van der Waals surface area contributed by atoms with Gasteiger partial charge < -0.3 is 15.6 Å². The third-order valence-electron chi connectivity index (χ3n) is 6.29. The summed E-state index contributed by atoms with van der Waals surface area (Å²) in [5, 5.41) is 8.64. The molecule has 1 fully saturated rings. The molecule has 35 heavy (non-hydrogen) atoms. The van der Waals surface area contributed by atoms with E-state index in [1.54, 1.807) is 24.8 Å². The van der Waals surface area contributed by atoms with E-state index in [0.717, 1.165) is 69.2 Å². The number of hydrogen-bond donors (Lipinski definition) is 3. The van der Waals surface area contributed by atoms with Crippen LogP contribution in [0, 0.1) is 0 Å². The maximum absolute atomic E-state index is 5.92. The molecule has 1 saturated heterocycles. The Hall–Kier alpha value is -4.70. The highest BCUT2D eigenvalue weighted by Gasteiger charge is 2.25. The van der Waals surface area contributed by atoms with Crippen molar-refractivity contribution >= 4 is 27.9 Å². The second kappa shape index (κ2) is 7.67. The van der Waals surface area contributed by atoms with Gasteiger partial charge in [-0.15, -0.1) is 0 Å². The Labute approximate surface area is 199 Å². The fourth-order valence-electron chi connectivity index (χ4n) is 4.49. The van der Waals surface area contributed by atoms with Crippen LogP contribution in [-0.2, 0) is 0 Å². The van der Waals surface area contributed by atoms with Gasteiger partial charge in [0.25, 0.3) is 0 Å². The molecule has 4 N–H and O–H groups in total. The predicted molar refractivity (Wildman–Crippen MR) is 133 cm³/mol. The highest BCUT2D eigenvalue weighted by atomic mass is 15.3. The molecule has 6 aromatic rings. The monoisotopic (exact) mass is 460 g/mol. The number of H-pyrrole nitrogens is 2. The Balaban J connectivity index is 1.31. The molecule has 7 rings (SSSR count). The van der Waals surface area contributed by atoms with Gasteiger partial charge in [-0.2, -0.15) is 5.10 Å². The third-order valence-corrected chi connectivity index (χ3v) is 6.29. The van der Waals surface area contributed by atoms with E-state index in [-0.39, 0.29) is 6.04 Å². The number of nitrogens with zero attached hydrogens (tertiary/aromatic N) is 7. The van der Waals surface area contributed by atoms with Gasteiger partial charge in [-0.25, -0.2) is 15.0 Å². The molecule has 0 atom stereocenters. The molecule has 6 aromatic heterocycles. The fraction of sp³-hybridized carbons (Fsp3) is 0.120. The Bertz CT molecular complexity index is 1680. The van der Waals surface area contributed by atoms with Crippen LogP contribution in [0.1, 0.15) is 0 Å². The molecular weight excluding hydrogens is 440 g/mol. The Kier molecular flexibility index (Phi) is 4.33. The molecule has 0 bridgehead atoms.